The highest BCUT2D eigenvalue weighted by molar-refractivity contribution is 5.94. The fraction of sp³-hybridized carbons (Fsp3) is 0.273. The molecule has 0 saturated carbocycles. The number of aldehydes is 1. The monoisotopic (exact) mass is 224 g/mol. The van der Waals surface area contributed by atoms with Crippen LogP contribution in [0.5, 0.6) is 11.5 Å². The van der Waals surface area contributed by atoms with Gasteiger partial charge >= 0.3 is 5.97 Å². The zero-order valence-corrected chi connectivity index (χ0v) is 8.97. The molecule has 5 nitrogen and oxygen atoms in total. The first kappa shape index (κ1) is 12.0. The molecule has 0 aliphatic carbocycles. The van der Waals surface area contributed by atoms with E-state index in [1.807, 2.05) is 0 Å². The minimum absolute atomic E-state index is 0.268. The van der Waals surface area contributed by atoms with E-state index in [9.17, 15) is 9.59 Å². The Morgan fingerprint density at radius 1 is 1.38 bits per heavy atom. The molecule has 0 aromatic heterocycles. The van der Waals surface area contributed by atoms with E-state index in [0.29, 0.717) is 12.0 Å². The van der Waals surface area contributed by atoms with Gasteiger partial charge in [-0.2, -0.15) is 0 Å². The van der Waals surface area contributed by atoms with Crippen molar-refractivity contribution in [3.8, 4) is 11.5 Å². The summed E-state index contributed by atoms with van der Waals surface area (Å²) in [6, 6.07) is 4.76. The van der Waals surface area contributed by atoms with Crippen LogP contribution in [0.3, 0.4) is 0 Å². The minimum atomic E-state index is -1.25. The second-order valence-corrected chi connectivity index (χ2v) is 3.03. The van der Waals surface area contributed by atoms with Gasteiger partial charge in [0.15, 0.2) is 11.5 Å². The first-order valence-electron chi connectivity index (χ1n) is 4.54. The highest BCUT2D eigenvalue weighted by Crippen LogP contribution is 2.34. The van der Waals surface area contributed by atoms with Gasteiger partial charge in [0.1, 0.15) is 12.2 Å². The van der Waals surface area contributed by atoms with E-state index in [0.717, 1.165) is 0 Å². The molecule has 5 heteroatoms. The van der Waals surface area contributed by atoms with Gasteiger partial charge in [0.25, 0.3) is 0 Å². The van der Waals surface area contributed by atoms with E-state index in [2.05, 4.69) is 0 Å². The zero-order valence-electron chi connectivity index (χ0n) is 8.97. The van der Waals surface area contributed by atoms with E-state index >= 15 is 0 Å². The lowest BCUT2D eigenvalue weighted by molar-refractivity contribution is -0.140. The van der Waals surface area contributed by atoms with Gasteiger partial charge in [-0.25, -0.2) is 0 Å². The lowest BCUT2D eigenvalue weighted by atomic mass is 9.99. The third-order valence-electron chi connectivity index (χ3n) is 2.17. The predicted molar refractivity (Wildman–Crippen MR) is 56.0 cm³/mol. The summed E-state index contributed by atoms with van der Waals surface area (Å²) in [5.41, 5.74) is 0.282. The number of carboxylic acid groups (broad SMARTS) is 1. The molecule has 1 N–H and O–H groups in total. The number of ether oxygens (including phenoxy) is 2. The highest BCUT2D eigenvalue weighted by atomic mass is 16.5. The number of rotatable bonds is 5. The van der Waals surface area contributed by atoms with Crippen LogP contribution >= 0.6 is 0 Å². The van der Waals surface area contributed by atoms with Crippen LogP contribution in [0.4, 0.5) is 0 Å². The molecular weight excluding hydrogens is 212 g/mol. The smallest absolute Gasteiger partial charge is 0.318 e. The summed E-state index contributed by atoms with van der Waals surface area (Å²) >= 11 is 0. The van der Waals surface area contributed by atoms with Crippen molar-refractivity contribution < 1.29 is 24.2 Å². The van der Waals surface area contributed by atoms with Crippen molar-refractivity contribution in [2.45, 2.75) is 5.92 Å². The number of aliphatic carboxylic acids is 1. The van der Waals surface area contributed by atoms with Crippen LogP contribution in [-0.2, 0) is 9.59 Å². The molecule has 1 aromatic carbocycles. The van der Waals surface area contributed by atoms with Crippen molar-refractivity contribution in [2.75, 3.05) is 14.2 Å². The van der Waals surface area contributed by atoms with Crippen LogP contribution < -0.4 is 9.47 Å². The van der Waals surface area contributed by atoms with Crippen LogP contribution in [0.2, 0.25) is 0 Å². The Hall–Kier alpha value is -2.04. The molecule has 0 bridgehead atoms. The average Bonchev–Trinajstić information content (AvgIpc) is 2.29. The van der Waals surface area contributed by atoms with E-state index in [1.54, 1.807) is 12.1 Å². The molecule has 1 unspecified atom stereocenters. The molecule has 1 rings (SSSR count). The number of hydrogen-bond donors (Lipinski definition) is 1. The van der Waals surface area contributed by atoms with Gasteiger partial charge < -0.3 is 19.4 Å². The van der Waals surface area contributed by atoms with Crippen molar-refractivity contribution in [1.29, 1.82) is 0 Å². The molecule has 16 heavy (non-hydrogen) atoms. The van der Waals surface area contributed by atoms with Crippen LogP contribution in [0.25, 0.3) is 0 Å². The van der Waals surface area contributed by atoms with E-state index in [1.165, 1.54) is 20.3 Å². The molecule has 0 heterocycles. The number of methoxy groups -OCH3 is 2. The Bertz CT molecular complexity index is 399. The van der Waals surface area contributed by atoms with Crippen molar-refractivity contribution in [1.82, 2.24) is 0 Å². The largest absolute Gasteiger partial charge is 0.493 e. The Balaban J connectivity index is 3.31. The number of carboxylic acids is 1. The zero-order chi connectivity index (χ0) is 12.1. The molecule has 0 radical (unpaired) electrons. The van der Waals surface area contributed by atoms with Gasteiger partial charge in [-0.05, 0) is 6.07 Å². The lowest BCUT2D eigenvalue weighted by Gasteiger charge is -2.14. The van der Waals surface area contributed by atoms with Crippen molar-refractivity contribution in [3.05, 3.63) is 23.8 Å². The molecule has 0 aliphatic heterocycles. The second kappa shape index (κ2) is 5.16. The molecule has 86 valence electrons. The van der Waals surface area contributed by atoms with E-state index in [-0.39, 0.29) is 11.3 Å². The fourth-order valence-corrected chi connectivity index (χ4v) is 1.42. The number of benzene rings is 1. The van der Waals surface area contributed by atoms with E-state index < -0.39 is 11.9 Å². The van der Waals surface area contributed by atoms with Gasteiger partial charge in [0.2, 0.25) is 0 Å². The van der Waals surface area contributed by atoms with Gasteiger partial charge in [-0.15, -0.1) is 0 Å². The summed E-state index contributed by atoms with van der Waals surface area (Å²) in [6.07, 6.45) is 0.361. The first-order valence-corrected chi connectivity index (χ1v) is 4.54. The van der Waals surface area contributed by atoms with Gasteiger partial charge in [0.05, 0.1) is 14.2 Å². The normalized spacial score (nSPS) is 11.6. The summed E-state index contributed by atoms with van der Waals surface area (Å²) in [4.78, 5) is 21.6. The van der Waals surface area contributed by atoms with Crippen molar-refractivity contribution in [3.63, 3.8) is 0 Å². The second-order valence-electron chi connectivity index (χ2n) is 3.03. The van der Waals surface area contributed by atoms with Crippen LogP contribution in [-0.4, -0.2) is 31.6 Å². The molecule has 0 fully saturated rings. The number of carbonyl (C=O) groups excluding carboxylic acids is 1. The Morgan fingerprint density at radius 3 is 2.50 bits per heavy atom. The SMILES string of the molecule is COc1cccc(C(C=O)C(=O)O)c1OC. The first-order chi connectivity index (χ1) is 7.65. The molecule has 0 aliphatic rings. The average molecular weight is 224 g/mol. The van der Waals surface area contributed by atoms with E-state index in [4.69, 9.17) is 14.6 Å². The number of carbonyl (C=O) groups is 2. The van der Waals surface area contributed by atoms with Gasteiger partial charge in [-0.1, -0.05) is 12.1 Å². The standard InChI is InChI=1S/C11H12O5/c1-15-9-5-3-4-7(10(9)16-2)8(6-12)11(13)14/h3-6,8H,1-2H3,(H,13,14). The topological polar surface area (TPSA) is 72.8 Å². The quantitative estimate of drug-likeness (QED) is 0.598. The number of hydrogen-bond acceptors (Lipinski definition) is 4. The summed E-state index contributed by atoms with van der Waals surface area (Å²) in [7, 11) is 2.84. The third-order valence-corrected chi connectivity index (χ3v) is 2.17. The van der Waals surface area contributed by atoms with Crippen LogP contribution in [0, 0.1) is 0 Å². The Morgan fingerprint density at radius 2 is 2.06 bits per heavy atom. The van der Waals surface area contributed by atoms with Crippen LogP contribution in [0.1, 0.15) is 11.5 Å². The maximum Gasteiger partial charge on any atom is 0.318 e. The Labute approximate surface area is 92.6 Å². The molecule has 0 spiro atoms. The van der Waals surface area contributed by atoms with Gasteiger partial charge in [0, 0.05) is 5.56 Å². The maximum absolute atomic E-state index is 10.9. The molecule has 0 amide bonds. The van der Waals surface area contributed by atoms with Crippen LogP contribution in [0.15, 0.2) is 18.2 Å². The molecule has 1 aromatic rings. The van der Waals surface area contributed by atoms with Crippen molar-refractivity contribution >= 4 is 12.3 Å². The summed E-state index contributed by atoms with van der Waals surface area (Å²) in [6.45, 7) is 0. The molecule has 1 atom stereocenters. The fourth-order valence-electron chi connectivity index (χ4n) is 1.42. The molecular formula is C11H12O5. The summed E-state index contributed by atoms with van der Waals surface area (Å²) < 4.78 is 10.1. The molecule has 0 saturated heterocycles. The Kier molecular flexibility index (Phi) is 3.88. The van der Waals surface area contributed by atoms with Gasteiger partial charge in [-0.3, -0.25) is 4.79 Å². The highest BCUT2D eigenvalue weighted by Gasteiger charge is 2.24. The lowest BCUT2D eigenvalue weighted by Crippen LogP contribution is -2.14. The maximum atomic E-state index is 10.9. The minimum Gasteiger partial charge on any atom is -0.493 e. The summed E-state index contributed by atoms with van der Waals surface area (Å²) in [5.74, 6) is -1.80. The van der Waals surface area contributed by atoms with Crippen molar-refractivity contribution in [2.24, 2.45) is 0 Å². The number of para-hydroxylation sites is 1. The summed E-state index contributed by atoms with van der Waals surface area (Å²) in [5, 5.41) is 8.88. The predicted octanol–water partition coefficient (Wildman–Crippen LogP) is 1.07. The third kappa shape index (κ3) is 2.13.